The first kappa shape index (κ1) is 12.7. The highest BCUT2D eigenvalue weighted by molar-refractivity contribution is 6.33. The van der Waals surface area contributed by atoms with Crippen LogP contribution in [0.5, 0.6) is 0 Å². The average molecular weight is 268 g/mol. The average Bonchev–Trinajstić information content (AvgIpc) is 2.77. The number of nitrogens with two attached hydrogens (primary N) is 1. The molecule has 0 saturated heterocycles. The first-order valence-electron chi connectivity index (χ1n) is 5.62. The number of nitrogen functional groups attached to an aromatic ring is 1. The Hall–Kier alpha value is -1.75. The Balaban J connectivity index is 2.71. The van der Waals surface area contributed by atoms with Crippen molar-refractivity contribution in [1.82, 2.24) is 9.38 Å². The second kappa shape index (κ2) is 4.86. The van der Waals surface area contributed by atoms with E-state index in [1.165, 1.54) is 13.2 Å². The molecule has 96 valence electrons. The molecule has 18 heavy (non-hydrogen) atoms. The molecule has 0 unspecified atom stereocenters. The molecule has 0 atom stereocenters. The van der Waals surface area contributed by atoms with Gasteiger partial charge in [0.2, 0.25) is 0 Å². The lowest BCUT2D eigenvalue weighted by Gasteiger charge is -2.06. The number of aryl methyl sites for hydroxylation is 1. The minimum atomic E-state index is -0.476. The smallest absolute Gasteiger partial charge is 0.341 e. The van der Waals surface area contributed by atoms with E-state index in [9.17, 15) is 4.79 Å². The SMILES string of the molecule is CCCc1cn2c(N)c(Cl)cc(C(=O)OC)c2n1. The van der Waals surface area contributed by atoms with E-state index >= 15 is 0 Å². The zero-order chi connectivity index (χ0) is 13.3. The Morgan fingerprint density at radius 3 is 2.94 bits per heavy atom. The number of rotatable bonds is 3. The van der Waals surface area contributed by atoms with Gasteiger partial charge in [0, 0.05) is 6.20 Å². The van der Waals surface area contributed by atoms with Crippen LogP contribution in [0.15, 0.2) is 12.3 Å². The fraction of sp³-hybridized carbons (Fsp3) is 0.333. The summed E-state index contributed by atoms with van der Waals surface area (Å²) in [6, 6.07) is 1.49. The summed E-state index contributed by atoms with van der Waals surface area (Å²) in [6.07, 6.45) is 3.58. The van der Waals surface area contributed by atoms with Gasteiger partial charge in [-0.25, -0.2) is 9.78 Å². The number of esters is 1. The second-order valence-electron chi connectivity index (χ2n) is 3.96. The summed E-state index contributed by atoms with van der Waals surface area (Å²) in [4.78, 5) is 16.1. The van der Waals surface area contributed by atoms with Crippen LogP contribution < -0.4 is 5.73 Å². The number of fused-ring (bicyclic) bond motifs is 1. The molecule has 0 fully saturated rings. The van der Waals surface area contributed by atoms with E-state index in [-0.39, 0.29) is 0 Å². The van der Waals surface area contributed by atoms with Crippen molar-refractivity contribution in [3.63, 3.8) is 0 Å². The van der Waals surface area contributed by atoms with Crippen molar-refractivity contribution in [2.75, 3.05) is 12.8 Å². The number of hydrogen-bond donors (Lipinski definition) is 1. The molecule has 0 aliphatic carbocycles. The zero-order valence-electron chi connectivity index (χ0n) is 10.2. The summed E-state index contributed by atoms with van der Waals surface area (Å²) in [5.41, 5.74) is 7.55. The van der Waals surface area contributed by atoms with Gasteiger partial charge in [-0.1, -0.05) is 24.9 Å². The van der Waals surface area contributed by atoms with Crippen LogP contribution in [0.4, 0.5) is 5.82 Å². The van der Waals surface area contributed by atoms with Crippen LogP contribution in [0.2, 0.25) is 5.02 Å². The number of halogens is 1. The summed E-state index contributed by atoms with van der Waals surface area (Å²) in [5.74, 6) is -0.107. The number of methoxy groups -OCH3 is 1. The molecule has 0 saturated carbocycles. The standard InChI is InChI=1S/C12H14ClN3O2/c1-3-4-7-6-16-10(14)9(13)5-8(11(16)15-7)12(17)18-2/h5-6H,3-4,14H2,1-2H3. The third-order valence-electron chi connectivity index (χ3n) is 2.68. The lowest BCUT2D eigenvalue weighted by molar-refractivity contribution is 0.0602. The topological polar surface area (TPSA) is 69.6 Å². The minimum Gasteiger partial charge on any atom is -0.465 e. The molecule has 0 amide bonds. The number of carbonyl (C=O) groups is 1. The molecule has 0 aliphatic heterocycles. The molecule has 0 aromatic carbocycles. The lowest BCUT2D eigenvalue weighted by Crippen LogP contribution is -2.07. The largest absolute Gasteiger partial charge is 0.465 e. The van der Waals surface area contributed by atoms with Gasteiger partial charge >= 0.3 is 5.97 Å². The van der Waals surface area contributed by atoms with Crippen LogP contribution >= 0.6 is 11.6 Å². The van der Waals surface area contributed by atoms with Gasteiger partial charge in [0.15, 0.2) is 5.65 Å². The van der Waals surface area contributed by atoms with Gasteiger partial charge in [-0.2, -0.15) is 0 Å². The van der Waals surface area contributed by atoms with Crippen molar-refractivity contribution in [2.45, 2.75) is 19.8 Å². The number of imidazole rings is 1. The number of anilines is 1. The number of nitrogens with zero attached hydrogens (tertiary/aromatic N) is 2. The maximum Gasteiger partial charge on any atom is 0.341 e. The summed E-state index contributed by atoms with van der Waals surface area (Å²) in [7, 11) is 1.32. The Kier molecular flexibility index (Phi) is 3.43. The summed E-state index contributed by atoms with van der Waals surface area (Å²) < 4.78 is 6.34. The maximum absolute atomic E-state index is 11.7. The predicted octanol–water partition coefficient (Wildman–Crippen LogP) is 2.31. The second-order valence-corrected chi connectivity index (χ2v) is 4.37. The fourth-order valence-electron chi connectivity index (χ4n) is 1.82. The monoisotopic (exact) mass is 267 g/mol. The molecule has 2 rings (SSSR count). The van der Waals surface area contributed by atoms with Gasteiger partial charge in [0.25, 0.3) is 0 Å². The number of hydrogen-bond acceptors (Lipinski definition) is 4. The van der Waals surface area contributed by atoms with Crippen LogP contribution in [0.1, 0.15) is 29.4 Å². The molecule has 6 heteroatoms. The van der Waals surface area contributed by atoms with Crippen molar-refractivity contribution in [1.29, 1.82) is 0 Å². The number of aromatic nitrogens is 2. The van der Waals surface area contributed by atoms with Crippen molar-refractivity contribution in [3.05, 3.63) is 28.5 Å². The summed E-state index contributed by atoms with van der Waals surface area (Å²) in [5, 5.41) is 0.309. The Labute approximate surface area is 110 Å². The highest BCUT2D eigenvalue weighted by atomic mass is 35.5. The van der Waals surface area contributed by atoms with E-state index in [1.54, 1.807) is 10.6 Å². The van der Waals surface area contributed by atoms with Crippen molar-refractivity contribution >= 4 is 29.0 Å². The van der Waals surface area contributed by atoms with Gasteiger partial charge in [0.1, 0.15) is 11.4 Å². The van der Waals surface area contributed by atoms with Crippen LogP contribution in [0, 0.1) is 0 Å². The van der Waals surface area contributed by atoms with E-state index in [0.717, 1.165) is 18.5 Å². The molecule has 0 aliphatic rings. The lowest BCUT2D eigenvalue weighted by atomic mass is 10.2. The summed E-state index contributed by atoms with van der Waals surface area (Å²) >= 11 is 6.00. The Morgan fingerprint density at radius 1 is 1.61 bits per heavy atom. The van der Waals surface area contributed by atoms with E-state index in [4.69, 9.17) is 22.1 Å². The van der Waals surface area contributed by atoms with Crippen LogP contribution in [0.3, 0.4) is 0 Å². The van der Waals surface area contributed by atoms with E-state index in [0.29, 0.717) is 22.1 Å². The quantitative estimate of drug-likeness (QED) is 0.867. The molecular weight excluding hydrogens is 254 g/mol. The molecule has 5 nitrogen and oxygen atoms in total. The normalized spacial score (nSPS) is 10.8. The fourth-order valence-corrected chi connectivity index (χ4v) is 2.02. The number of carbonyl (C=O) groups excluding carboxylic acids is 1. The third-order valence-corrected chi connectivity index (χ3v) is 2.99. The van der Waals surface area contributed by atoms with Gasteiger partial charge in [-0.05, 0) is 12.5 Å². The summed E-state index contributed by atoms with van der Waals surface area (Å²) in [6.45, 7) is 2.06. The number of pyridine rings is 1. The van der Waals surface area contributed by atoms with Gasteiger partial charge < -0.3 is 10.5 Å². The molecule has 2 aromatic heterocycles. The van der Waals surface area contributed by atoms with E-state index < -0.39 is 5.97 Å². The Morgan fingerprint density at radius 2 is 2.33 bits per heavy atom. The Bertz CT molecular complexity index is 607. The van der Waals surface area contributed by atoms with Gasteiger partial charge in [0.05, 0.1) is 17.8 Å². The van der Waals surface area contributed by atoms with Crippen LogP contribution in [0.25, 0.3) is 5.65 Å². The number of ether oxygens (including phenoxy) is 1. The zero-order valence-corrected chi connectivity index (χ0v) is 11.0. The van der Waals surface area contributed by atoms with Crippen molar-refractivity contribution in [3.8, 4) is 0 Å². The van der Waals surface area contributed by atoms with Gasteiger partial charge in [-0.3, -0.25) is 4.40 Å². The van der Waals surface area contributed by atoms with Crippen molar-refractivity contribution < 1.29 is 9.53 Å². The maximum atomic E-state index is 11.7. The van der Waals surface area contributed by atoms with Crippen LogP contribution in [-0.2, 0) is 11.2 Å². The van der Waals surface area contributed by atoms with Gasteiger partial charge in [-0.15, -0.1) is 0 Å². The highest BCUT2D eigenvalue weighted by Crippen LogP contribution is 2.25. The van der Waals surface area contributed by atoms with E-state index in [2.05, 4.69) is 11.9 Å². The molecule has 0 bridgehead atoms. The third kappa shape index (κ3) is 2.01. The molecule has 0 spiro atoms. The molecular formula is C12H14ClN3O2. The molecule has 2 heterocycles. The van der Waals surface area contributed by atoms with Crippen LogP contribution in [-0.4, -0.2) is 22.5 Å². The first-order chi connectivity index (χ1) is 8.58. The minimum absolute atomic E-state index is 0.309. The first-order valence-corrected chi connectivity index (χ1v) is 6.00. The predicted molar refractivity (Wildman–Crippen MR) is 69.9 cm³/mol. The molecule has 0 radical (unpaired) electrons. The highest BCUT2D eigenvalue weighted by Gasteiger charge is 2.17. The molecule has 2 N–H and O–H groups in total. The molecule has 2 aromatic rings. The van der Waals surface area contributed by atoms with E-state index in [1.807, 2.05) is 0 Å². The van der Waals surface area contributed by atoms with Crippen molar-refractivity contribution in [2.24, 2.45) is 0 Å².